The van der Waals surface area contributed by atoms with Crippen molar-refractivity contribution >= 4 is 34.4 Å². The van der Waals surface area contributed by atoms with E-state index in [1.807, 2.05) is 34.1 Å². The molecular weight excluding hydrogens is 381 g/mol. The zero-order valence-corrected chi connectivity index (χ0v) is 13.9. The highest BCUT2D eigenvalue weighted by molar-refractivity contribution is 14.1. The van der Waals surface area contributed by atoms with Crippen LogP contribution in [-0.2, 0) is 4.79 Å². The second-order valence-electron chi connectivity index (χ2n) is 5.45. The molecule has 21 heavy (non-hydrogen) atoms. The monoisotopic (exact) mass is 399 g/mol. The second-order valence-corrected chi connectivity index (χ2v) is 6.61. The molecule has 2 amide bonds. The molecule has 0 unspecified atom stereocenters. The maximum absolute atomic E-state index is 12.5. The molecule has 0 aliphatic carbocycles. The summed E-state index contributed by atoms with van der Waals surface area (Å²) >= 11 is 2.19. The molecule has 112 valence electrons. The van der Waals surface area contributed by atoms with Gasteiger partial charge in [-0.05, 0) is 34.7 Å². The van der Waals surface area contributed by atoms with Crippen LogP contribution in [0.1, 0.15) is 10.4 Å². The van der Waals surface area contributed by atoms with Crippen LogP contribution >= 0.6 is 22.6 Å². The van der Waals surface area contributed by atoms with Crippen LogP contribution in [0.25, 0.3) is 0 Å². The Morgan fingerprint density at radius 3 is 2.24 bits per heavy atom. The molecule has 1 aromatic rings. The van der Waals surface area contributed by atoms with Crippen molar-refractivity contribution in [3.05, 3.63) is 33.4 Å². The lowest BCUT2D eigenvalue weighted by Crippen LogP contribution is -2.57. The van der Waals surface area contributed by atoms with Gasteiger partial charge in [-0.15, -0.1) is 0 Å². The van der Waals surface area contributed by atoms with Crippen molar-refractivity contribution in [2.75, 3.05) is 39.3 Å². The molecule has 1 N–H and O–H groups in total. The van der Waals surface area contributed by atoms with Crippen LogP contribution in [0.4, 0.5) is 0 Å². The van der Waals surface area contributed by atoms with Crippen molar-refractivity contribution in [1.29, 1.82) is 0 Å². The average Bonchev–Trinajstić information content (AvgIpc) is 2.45. The highest BCUT2D eigenvalue weighted by Crippen LogP contribution is 2.16. The molecule has 0 bridgehead atoms. The third-order valence-electron chi connectivity index (χ3n) is 4.11. The third kappa shape index (κ3) is 3.06. The lowest BCUT2D eigenvalue weighted by atomic mass is 10.0. The minimum absolute atomic E-state index is 0.0670. The summed E-state index contributed by atoms with van der Waals surface area (Å²) in [6.07, 6.45) is 0. The zero-order chi connectivity index (χ0) is 14.8. The molecular formula is C15H18IN3O2. The van der Waals surface area contributed by atoms with Gasteiger partial charge in [0.1, 0.15) is 0 Å². The SMILES string of the molecule is O=C(c1ccccc1I)N1CCN(C(=O)C2CNC2)CC1. The van der Waals surface area contributed by atoms with Gasteiger partial charge in [-0.3, -0.25) is 9.59 Å². The molecule has 5 nitrogen and oxygen atoms in total. The second kappa shape index (κ2) is 6.31. The molecule has 0 atom stereocenters. The standard InChI is InChI=1S/C15H18IN3O2/c16-13-4-2-1-3-12(13)15(21)19-7-5-18(6-8-19)14(20)11-9-17-10-11/h1-4,11,17H,5-10H2. The first kappa shape index (κ1) is 14.8. The Morgan fingerprint density at radius 2 is 1.67 bits per heavy atom. The van der Waals surface area contributed by atoms with Crippen molar-refractivity contribution in [1.82, 2.24) is 15.1 Å². The molecule has 6 heteroatoms. The minimum atomic E-state index is 0.0670. The number of hydrogen-bond acceptors (Lipinski definition) is 3. The van der Waals surface area contributed by atoms with Gasteiger partial charge in [-0.2, -0.15) is 0 Å². The van der Waals surface area contributed by atoms with Crippen LogP contribution in [0, 0.1) is 9.49 Å². The molecule has 0 radical (unpaired) electrons. The van der Waals surface area contributed by atoms with E-state index < -0.39 is 0 Å². The van der Waals surface area contributed by atoms with E-state index in [1.165, 1.54) is 0 Å². The van der Waals surface area contributed by atoms with E-state index in [4.69, 9.17) is 0 Å². The van der Waals surface area contributed by atoms with E-state index in [1.54, 1.807) is 0 Å². The largest absolute Gasteiger partial charge is 0.339 e. The molecule has 2 aliphatic rings. The summed E-state index contributed by atoms with van der Waals surface area (Å²) < 4.78 is 0.971. The maximum atomic E-state index is 12.5. The lowest BCUT2D eigenvalue weighted by molar-refractivity contribution is -0.138. The molecule has 0 saturated carbocycles. The number of carbonyl (C=O) groups is 2. The highest BCUT2D eigenvalue weighted by atomic mass is 127. The number of carbonyl (C=O) groups excluding carboxylic acids is 2. The predicted octanol–water partition coefficient (Wildman–Crippen LogP) is 0.795. The van der Waals surface area contributed by atoms with E-state index in [0.29, 0.717) is 26.2 Å². The van der Waals surface area contributed by atoms with E-state index in [2.05, 4.69) is 27.9 Å². The molecule has 0 spiro atoms. The Morgan fingerprint density at radius 1 is 1.05 bits per heavy atom. The molecule has 1 aromatic carbocycles. The van der Waals surface area contributed by atoms with Crippen molar-refractivity contribution < 1.29 is 9.59 Å². The van der Waals surface area contributed by atoms with Crippen LogP contribution in [0.5, 0.6) is 0 Å². The number of nitrogens with zero attached hydrogens (tertiary/aromatic N) is 2. The number of amides is 2. The smallest absolute Gasteiger partial charge is 0.255 e. The van der Waals surface area contributed by atoms with Crippen molar-refractivity contribution in [3.63, 3.8) is 0 Å². The fourth-order valence-corrected chi connectivity index (χ4v) is 3.27. The number of halogens is 1. The van der Waals surface area contributed by atoms with Crippen LogP contribution in [0.3, 0.4) is 0 Å². The molecule has 2 aliphatic heterocycles. The quantitative estimate of drug-likeness (QED) is 0.749. The number of piperazine rings is 1. The summed E-state index contributed by atoms with van der Waals surface area (Å²) in [5, 5.41) is 3.12. The Labute approximate surface area is 137 Å². The molecule has 3 rings (SSSR count). The molecule has 2 saturated heterocycles. The Balaban J connectivity index is 1.59. The van der Waals surface area contributed by atoms with Crippen LogP contribution < -0.4 is 5.32 Å². The summed E-state index contributed by atoms with van der Waals surface area (Å²) in [7, 11) is 0. The van der Waals surface area contributed by atoms with Gasteiger partial charge >= 0.3 is 0 Å². The summed E-state index contributed by atoms with van der Waals surface area (Å²) in [5.74, 6) is 0.440. The average molecular weight is 399 g/mol. The number of hydrogen-bond donors (Lipinski definition) is 1. The first-order valence-corrected chi connectivity index (χ1v) is 8.28. The topological polar surface area (TPSA) is 52.7 Å². The first-order valence-electron chi connectivity index (χ1n) is 7.20. The van der Waals surface area contributed by atoms with Gasteiger partial charge < -0.3 is 15.1 Å². The fraction of sp³-hybridized carbons (Fsp3) is 0.467. The fourth-order valence-electron chi connectivity index (χ4n) is 2.66. The van der Waals surface area contributed by atoms with Crippen molar-refractivity contribution in [2.45, 2.75) is 0 Å². The lowest BCUT2D eigenvalue weighted by Gasteiger charge is -2.38. The summed E-state index contributed by atoms with van der Waals surface area (Å²) in [6, 6.07) is 7.62. The number of nitrogens with one attached hydrogen (secondary N) is 1. The van der Waals surface area contributed by atoms with Crippen molar-refractivity contribution in [2.24, 2.45) is 5.92 Å². The van der Waals surface area contributed by atoms with Gasteiger partial charge in [0, 0.05) is 42.8 Å². The zero-order valence-electron chi connectivity index (χ0n) is 11.7. The van der Waals surface area contributed by atoms with Gasteiger partial charge in [0.05, 0.1) is 11.5 Å². The third-order valence-corrected chi connectivity index (χ3v) is 5.05. The summed E-state index contributed by atoms with van der Waals surface area (Å²) in [6.45, 7) is 4.11. The normalized spacial score (nSPS) is 19.3. The molecule has 0 aromatic heterocycles. The van der Waals surface area contributed by atoms with Gasteiger partial charge in [0.2, 0.25) is 5.91 Å². The minimum Gasteiger partial charge on any atom is -0.339 e. The van der Waals surface area contributed by atoms with Gasteiger partial charge in [0.25, 0.3) is 5.91 Å². The summed E-state index contributed by atoms with van der Waals surface area (Å²) in [5.41, 5.74) is 0.751. The van der Waals surface area contributed by atoms with Crippen LogP contribution in [-0.4, -0.2) is 60.9 Å². The summed E-state index contributed by atoms with van der Waals surface area (Å²) in [4.78, 5) is 28.4. The Kier molecular flexibility index (Phi) is 4.44. The van der Waals surface area contributed by atoms with E-state index in [-0.39, 0.29) is 17.7 Å². The van der Waals surface area contributed by atoms with E-state index >= 15 is 0 Å². The van der Waals surface area contributed by atoms with Gasteiger partial charge in [-0.25, -0.2) is 0 Å². The van der Waals surface area contributed by atoms with E-state index in [9.17, 15) is 9.59 Å². The van der Waals surface area contributed by atoms with Gasteiger partial charge in [0.15, 0.2) is 0 Å². The van der Waals surface area contributed by atoms with E-state index in [0.717, 1.165) is 22.2 Å². The van der Waals surface area contributed by atoms with Gasteiger partial charge in [-0.1, -0.05) is 12.1 Å². The Bertz CT molecular complexity index is 552. The van der Waals surface area contributed by atoms with Crippen LogP contribution in [0.2, 0.25) is 0 Å². The van der Waals surface area contributed by atoms with Crippen LogP contribution in [0.15, 0.2) is 24.3 Å². The number of rotatable bonds is 2. The van der Waals surface area contributed by atoms with Crippen molar-refractivity contribution in [3.8, 4) is 0 Å². The Hall–Kier alpha value is -1.15. The highest BCUT2D eigenvalue weighted by Gasteiger charge is 2.32. The molecule has 2 fully saturated rings. The number of benzene rings is 1. The predicted molar refractivity (Wildman–Crippen MR) is 88.0 cm³/mol. The molecule has 2 heterocycles. The maximum Gasteiger partial charge on any atom is 0.255 e. The first-order chi connectivity index (χ1) is 10.2.